The Kier molecular flexibility index (Phi) is 4.07. The van der Waals surface area contributed by atoms with Gasteiger partial charge in [-0.25, -0.2) is 9.78 Å². The number of carboxylic acid groups (broad SMARTS) is 1. The summed E-state index contributed by atoms with van der Waals surface area (Å²) in [7, 11) is 1.63. The average molecular weight is 278 g/mol. The number of aromatic nitrogens is 1. The van der Waals surface area contributed by atoms with Crippen LogP contribution in [-0.4, -0.2) is 42.1 Å². The molecular formula is C13H18N4O3. The molecule has 0 radical (unpaired) electrons. The summed E-state index contributed by atoms with van der Waals surface area (Å²) in [6, 6.07) is 1.48. The molecule has 1 fully saturated rings. The van der Waals surface area contributed by atoms with Crippen LogP contribution in [-0.2, 0) is 4.79 Å². The van der Waals surface area contributed by atoms with Gasteiger partial charge in [-0.15, -0.1) is 0 Å². The molecule has 0 unspecified atom stereocenters. The fourth-order valence-electron chi connectivity index (χ4n) is 2.39. The first kappa shape index (κ1) is 14.1. The van der Waals surface area contributed by atoms with E-state index in [4.69, 9.17) is 10.8 Å². The maximum Gasteiger partial charge on any atom is 0.337 e. The Morgan fingerprint density at radius 1 is 1.45 bits per heavy atom. The molecule has 20 heavy (non-hydrogen) atoms. The van der Waals surface area contributed by atoms with Gasteiger partial charge in [-0.05, 0) is 18.9 Å². The van der Waals surface area contributed by atoms with Gasteiger partial charge < -0.3 is 21.1 Å². The van der Waals surface area contributed by atoms with E-state index >= 15 is 0 Å². The Labute approximate surface area is 116 Å². The van der Waals surface area contributed by atoms with Crippen LogP contribution in [0.3, 0.4) is 0 Å². The van der Waals surface area contributed by atoms with Crippen molar-refractivity contribution in [1.82, 2.24) is 10.3 Å². The van der Waals surface area contributed by atoms with Crippen LogP contribution in [0.4, 0.5) is 11.5 Å². The first-order chi connectivity index (χ1) is 9.52. The van der Waals surface area contributed by atoms with E-state index in [1.54, 1.807) is 7.05 Å². The second kappa shape index (κ2) is 5.77. The third-order valence-electron chi connectivity index (χ3n) is 3.59. The van der Waals surface area contributed by atoms with Crippen LogP contribution in [0.2, 0.25) is 0 Å². The number of amides is 1. The second-order valence-electron chi connectivity index (χ2n) is 4.81. The maximum atomic E-state index is 11.6. The minimum atomic E-state index is -1.06. The molecule has 1 aliphatic heterocycles. The highest BCUT2D eigenvalue weighted by Gasteiger charge is 2.25. The van der Waals surface area contributed by atoms with Crippen molar-refractivity contribution in [3.05, 3.63) is 17.8 Å². The number of rotatable bonds is 3. The minimum absolute atomic E-state index is 0.0176. The van der Waals surface area contributed by atoms with E-state index < -0.39 is 5.97 Å². The normalized spacial score (nSPS) is 15.9. The van der Waals surface area contributed by atoms with Crippen LogP contribution in [0.1, 0.15) is 23.2 Å². The quantitative estimate of drug-likeness (QED) is 0.735. The Morgan fingerprint density at radius 3 is 2.65 bits per heavy atom. The summed E-state index contributed by atoms with van der Waals surface area (Å²) in [5, 5.41) is 11.7. The number of carbonyl (C=O) groups excluding carboxylic acids is 1. The number of pyridine rings is 1. The molecule has 0 spiro atoms. The molecule has 7 nitrogen and oxygen atoms in total. The van der Waals surface area contributed by atoms with Crippen molar-refractivity contribution in [1.29, 1.82) is 0 Å². The zero-order chi connectivity index (χ0) is 14.7. The predicted octanol–water partition coefficient (Wildman–Crippen LogP) is 0.324. The molecule has 1 aliphatic rings. The second-order valence-corrected chi connectivity index (χ2v) is 4.81. The first-order valence-electron chi connectivity index (χ1n) is 6.48. The molecule has 1 amide bonds. The smallest absolute Gasteiger partial charge is 0.337 e. The number of carboxylic acids is 1. The average Bonchev–Trinajstić information content (AvgIpc) is 2.47. The number of piperidine rings is 1. The largest absolute Gasteiger partial charge is 0.478 e. The third kappa shape index (κ3) is 2.81. The number of nitrogens with zero attached hydrogens (tertiary/aromatic N) is 2. The predicted molar refractivity (Wildman–Crippen MR) is 74.6 cm³/mol. The summed E-state index contributed by atoms with van der Waals surface area (Å²) in [6.07, 6.45) is 2.83. The summed E-state index contributed by atoms with van der Waals surface area (Å²) >= 11 is 0. The molecule has 0 bridgehead atoms. The van der Waals surface area contributed by atoms with Crippen molar-refractivity contribution in [2.45, 2.75) is 12.8 Å². The number of carbonyl (C=O) groups is 2. The molecule has 108 valence electrons. The van der Waals surface area contributed by atoms with Crippen molar-refractivity contribution < 1.29 is 14.7 Å². The van der Waals surface area contributed by atoms with E-state index in [9.17, 15) is 9.59 Å². The van der Waals surface area contributed by atoms with Crippen molar-refractivity contribution in [3.8, 4) is 0 Å². The molecule has 7 heteroatoms. The highest BCUT2D eigenvalue weighted by atomic mass is 16.4. The van der Waals surface area contributed by atoms with Crippen molar-refractivity contribution in [2.75, 3.05) is 30.8 Å². The van der Waals surface area contributed by atoms with Gasteiger partial charge in [-0.1, -0.05) is 0 Å². The van der Waals surface area contributed by atoms with Gasteiger partial charge in [0.2, 0.25) is 5.91 Å². The Bertz CT molecular complexity index is 524. The summed E-state index contributed by atoms with van der Waals surface area (Å²) in [5.74, 6) is -0.400. The van der Waals surface area contributed by atoms with Gasteiger partial charge in [0, 0.05) is 26.1 Å². The van der Waals surface area contributed by atoms with Crippen molar-refractivity contribution in [2.24, 2.45) is 5.92 Å². The molecule has 2 rings (SSSR count). The number of anilines is 2. The van der Waals surface area contributed by atoms with Gasteiger partial charge in [0.25, 0.3) is 0 Å². The van der Waals surface area contributed by atoms with E-state index in [0.29, 0.717) is 18.9 Å². The standard InChI is InChI=1S/C13H18N4O3/c1-15-12(18)8-2-4-17(5-3-8)11-6-9(13(19)20)10(14)7-16-11/h6-8H,2-5,14H2,1H3,(H,15,18)(H,19,20). The summed E-state index contributed by atoms with van der Waals surface area (Å²) in [5.41, 5.74) is 5.80. The molecule has 1 aromatic rings. The third-order valence-corrected chi connectivity index (χ3v) is 3.59. The van der Waals surface area contributed by atoms with Gasteiger partial charge in [0.15, 0.2) is 0 Å². The van der Waals surface area contributed by atoms with Crippen LogP contribution in [0.5, 0.6) is 0 Å². The molecule has 0 saturated carbocycles. The lowest BCUT2D eigenvalue weighted by molar-refractivity contribution is -0.125. The highest BCUT2D eigenvalue weighted by molar-refractivity contribution is 5.94. The SMILES string of the molecule is CNC(=O)C1CCN(c2cc(C(=O)O)c(N)cn2)CC1. The lowest BCUT2D eigenvalue weighted by Gasteiger charge is -2.32. The lowest BCUT2D eigenvalue weighted by Crippen LogP contribution is -2.40. The van der Waals surface area contributed by atoms with Crippen LogP contribution in [0, 0.1) is 5.92 Å². The maximum absolute atomic E-state index is 11.6. The van der Waals surface area contributed by atoms with E-state index in [0.717, 1.165) is 12.8 Å². The molecule has 1 saturated heterocycles. The van der Waals surface area contributed by atoms with Crippen molar-refractivity contribution >= 4 is 23.4 Å². The Balaban J connectivity index is 2.09. The molecule has 1 aromatic heterocycles. The monoisotopic (exact) mass is 278 g/mol. The summed E-state index contributed by atoms with van der Waals surface area (Å²) < 4.78 is 0. The van der Waals surface area contributed by atoms with Gasteiger partial charge >= 0.3 is 5.97 Å². The molecule has 0 aromatic carbocycles. The number of nitrogens with one attached hydrogen (secondary N) is 1. The zero-order valence-electron chi connectivity index (χ0n) is 11.3. The Morgan fingerprint density at radius 2 is 2.10 bits per heavy atom. The molecule has 0 atom stereocenters. The van der Waals surface area contributed by atoms with Gasteiger partial charge in [-0.2, -0.15) is 0 Å². The zero-order valence-corrected chi connectivity index (χ0v) is 11.3. The van der Waals surface area contributed by atoms with Crippen LogP contribution >= 0.6 is 0 Å². The molecule has 4 N–H and O–H groups in total. The fraction of sp³-hybridized carbons (Fsp3) is 0.462. The summed E-state index contributed by atoms with van der Waals surface area (Å²) in [4.78, 5) is 28.8. The van der Waals surface area contributed by atoms with E-state index in [1.807, 2.05) is 4.90 Å². The Hall–Kier alpha value is -2.31. The minimum Gasteiger partial charge on any atom is -0.478 e. The fourth-order valence-corrected chi connectivity index (χ4v) is 2.39. The molecular weight excluding hydrogens is 260 g/mol. The highest BCUT2D eigenvalue weighted by Crippen LogP contribution is 2.24. The number of hydrogen-bond acceptors (Lipinski definition) is 5. The van der Waals surface area contributed by atoms with E-state index in [1.165, 1.54) is 12.3 Å². The topological polar surface area (TPSA) is 109 Å². The van der Waals surface area contributed by atoms with Gasteiger partial charge in [-0.3, -0.25) is 4.79 Å². The number of aromatic carboxylic acids is 1. The first-order valence-corrected chi connectivity index (χ1v) is 6.48. The number of hydrogen-bond donors (Lipinski definition) is 3. The van der Waals surface area contributed by atoms with Gasteiger partial charge in [0.05, 0.1) is 17.4 Å². The summed E-state index contributed by atoms with van der Waals surface area (Å²) in [6.45, 7) is 1.35. The van der Waals surface area contributed by atoms with Crippen LogP contribution in [0.25, 0.3) is 0 Å². The molecule has 0 aliphatic carbocycles. The van der Waals surface area contributed by atoms with E-state index in [-0.39, 0.29) is 23.1 Å². The number of nitrogens with two attached hydrogens (primary N) is 1. The van der Waals surface area contributed by atoms with E-state index in [2.05, 4.69) is 10.3 Å². The van der Waals surface area contributed by atoms with Crippen molar-refractivity contribution in [3.63, 3.8) is 0 Å². The van der Waals surface area contributed by atoms with Gasteiger partial charge in [0.1, 0.15) is 5.82 Å². The number of nitrogen functional groups attached to an aromatic ring is 1. The van der Waals surface area contributed by atoms with Crippen LogP contribution < -0.4 is 16.0 Å². The van der Waals surface area contributed by atoms with Crippen LogP contribution in [0.15, 0.2) is 12.3 Å². The molecule has 2 heterocycles. The lowest BCUT2D eigenvalue weighted by atomic mass is 9.96.